The molecule has 1 amide bonds. The first-order chi connectivity index (χ1) is 8.55. The van der Waals surface area contributed by atoms with Gasteiger partial charge in [0.25, 0.3) is 5.91 Å². The van der Waals surface area contributed by atoms with Crippen LogP contribution in [0.4, 0.5) is 5.69 Å². The number of anilines is 1. The van der Waals surface area contributed by atoms with Gasteiger partial charge in [-0.25, -0.2) is 0 Å². The molecule has 0 bridgehead atoms. The highest BCUT2D eigenvalue weighted by Gasteiger charge is 2.31. The molecule has 1 N–H and O–H groups in total. The van der Waals surface area contributed by atoms with Crippen molar-refractivity contribution in [3.8, 4) is 5.75 Å². The molecule has 0 heterocycles. The van der Waals surface area contributed by atoms with Crippen LogP contribution in [0.5, 0.6) is 5.75 Å². The van der Waals surface area contributed by atoms with Crippen LogP contribution < -0.4 is 10.1 Å². The van der Waals surface area contributed by atoms with Crippen molar-refractivity contribution < 1.29 is 14.3 Å². The zero-order valence-corrected chi connectivity index (χ0v) is 11.4. The summed E-state index contributed by atoms with van der Waals surface area (Å²) in [6.07, 6.45) is 1.58. The zero-order valence-electron chi connectivity index (χ0n) is 11.4. The highest BCUT2D eigenvalue weighted by Crippen LogP contribution is 2.21. The first-order valence-corrected chi connectivity index (χ1v) is 6.06. The lowest BCUT2D eigenvalue weighted by molar-refractivity contribution is -0.136. The average Bonchev–Trinajstić information content (AvgIpc) is 2.39. The van der Waals surface area contributed by atoms with Gasteiger partial charge in [0.2, 0.25) is 0 Å². The van der Waals surface area contributed by atoms with Gasteiger partial charge in [0.05, 0.1) is 7.11 Å². The van der Waals surface area contributed by atoms with Gasteiger partial charge in [0.1, 0.15) is 11.4 Å². The molecule has 0 fully saturated rings. The number of nitrogens with one attached hydrogen (secondary N) is 1. The number of ether oxygens (including phenoxy) is 2. The lowest BCUT2D eigenvalue weighted by Crippen LogP contribution is -2.41. The third-order valence-electron chi connectivity index (χ3n) is 3.01. The summed E-state index contributed by atoms with van der Waals surface area (Å²) < 4.78 is 10.4. The van der Waals surface area contributed by atoms with Crippen molar-refractivity contribution in [3.05, 3.63) is 24.3 Å². The number of benzene rings is 1. The molecule has 4 nitrogen and oxygen atoms in total. The van der Waals surface area contributed by atoms with Crippen LogP contribution in [0.3, 0.4) is 0 Å². The summed E-state index contributed by atoms with van der Waals surface area (Å²) in [6, 6.07) is 7.22. The quantitative estimate of drug-likeness (QED) is 0.845. The van der Waals surface area contributed by atoms with E-state index < -0.39 is 5.60 Å². The van der Waals surface area contributed by atoms with Crippen molar-refractivity contribution in [1.82, 2.24) is 0 Å². The molecule has 1 aromatic rings. The Balaban J connectivity index is 2.73. The maximum atomic E-state index is 12.1. The van der Waals surface area contributed by atoms with Crippen LogP contribution in [0, 0.1) is 0 Å². The van der Waals surface area contributed by atoms with E-state index in [9.17, 15) is 4.79 Å². The van der Waals surface area contributed by atoms with Gasteiger partial charge in [-0.05, 0) is 37.6 Å². The molecule has 1 aromatic carbocycles. The first kappa shape index (κ1) is 14.5. The van der Waals surface area contributed by atoms with Gasteiger partial charge in [0.15, 0.2) is 0 Å². The summed E-state index contributed by atoms with van der Waals surface area (Å²) in [4.78, 5) is 12.1. The van der Waals surface area contributed by atoms with Crippen LogP contribution in [0.25, 0.3) is 0 Å². The van der Waals surface area contributed by atoms with Crippen molar-refractivity contribution in [3.63, 3.8) is 0 Å². The molecule has 0 spiro atoms. The summed E-state index contributed by atoms with van der Waals surface area (Å²) in [5.41, 5.74) is -0.0468. The summed E-state index contributed by atoms with van der Waals surface area (Å²) in [5.74, 6) is 0.632. The third-order valence-corrected chi connectivity index (χ3v) is 3.01. The number of carbonyl (C=O) groups is 1. The number of amides is 1. The minimum atomic E-state index is -0.783. The van der Waals surface area contributed by atoms with E-state index in [2.05, 4.69) is 5.32 Å². The molecule has 1 rings (SSSR count). The predicted octanol–water partition coefficient (Wildman–Crippen LogP) is 2.84. The topological polar surface area (TPSA) is 47.6 Å². The van der Waals surface area contributed by atoms with Gasteiger partial charge in [-0.3, -0.25) is 4.79 Å². The Morgan fingerprint density at radius 3 is 2.33 bits per heavy atom. The van der Waals surface area contributed by atoms with Gasteiger partial charge in [0, 0.05) is 12.8 Å². The number of hydrogen-bond donors (Lipinski definition) is 1. The van der Waals surface area contributed by atoms with Crippen LogP contribution in [0.1, 0.15) is 26.7 Å². The van der Waals surface area contributed by atoms with Crippen molar-refractivity contribution in [2.75, 3.05) is 19.5 Å². The van der Waals surface area contributed by atoms with E-state index in [0.29, 0.717) is 6.42 Å². The maximum Gasteiger partial charge on any atom is 0.256 e. The van der Waals surface area contributed by atoms with E-state index in [1.807, 2.05) is 6.92 Å². The Bertz CT molecular complexity index is 389. The van der Waals surface area contributed by atoms with E-state index in [-0.39, 0.29) is 5.91 Å². The van der Waals surface area contributed by atoms with E-state index in [0.717, 1.165) is 17.9 Å². The summed E-state index contributed by atoms with van der Waals surface area (Å²) >= 11 is 0. The summed E-state index contributed by atoms with van der Waals surface area (Å²) in [7, 11) is 3.17. The number of hydrogen-bond acceptors (Lipinski definition) is 3. The standard InChI is InChI=1S/C14H21NO3/c1-5-10-14(2,18-4)13(16)15-11-6-8-12(17-3)9-7-11/h6-9H,5,10H2,1-4H3,(H,15,16). The smallest absolute Gasteiger partial charge is 0.256 e. The summed E-state index contributed by atoms with van der Waals surface area (Å²) in [6.45, 7) is 3.83. The highest BCUT2D eigenvalue weighted by molar-refractivity contribution is 5.97. The molecule has 100 valence electrons. The summed E-state index contributed by atoms with van der Waals surface area (Å²) in [5, 5.41) is 2.85. The molecule has 18 heavy (non-hydrogen) atoms. The fourth-order valence-corrected chi connectivity index (χ4v) is 1.72. The second-order valence-corrected chi connectivity index (χ2v) is 4.37. The van der Waals surface area contributed by atoms with Gasteiger partial charge >= 0.3 is 0 Å². The molecule has 0 saturated heterocycles. The normalized spacial score (nSPS) is 13.8. The second-order valence-electron chi connectivity index (χ2n) is 4.37. The largest absolute Gasteiger partial charge is 0.497 e. The second kappa shape index (κ2) is 6.40. The molecule has 0 aliphatic carbocycles. The van der Waals surface area contributed by atoms with Crippen molar-refractivity contribution in [1.29, 1.82) is 0 Å². The minimum absolute atomic E-state index is 0.128. The van der Waals surface area contributed by atoms with Gasteiger partial charge in [-0.1, -0.05) is 13.3 Å². The Morgan fingerprint density at radius 1 is 1.28 bits per heavy atom. The van der Waals surface area contributed by atoms with Crippen molar-refractivity contribution in [2.24, 2.45) is 0 Å². The predicted molar refractivity (Wildman–Crippen MR) is 71.9 cm³/mol. The number of rotatable bonds is 6. The third kappa shape index (κ3) is 3.47. The fraction of sp³-hybridized carbons (Fsp3) is 0.500. The van der Waals surface area contributed by atoms with Crippen LogP contribution in [-0.2, 0) is 9.53 Å². The molecular formula is C14H21NO3. The molecule has 0 aliphatic rings. The molecule has 1 unspecified atom stereocenters. The monoisotopic (exact) mass is 251 g/mol. The van der Waals surface area contributed by atoms with E-state index in [1.165, 1.54) is 0 Å². The van der Waals surface area contributed by atoms with Crippen molar-refractivity contribution >= 4 is 11.6 Å². The minimum Gasteiger partial charge on any atom is -0.497 e. The first-order valence-electron chi connectivity index (χ1n) is 6.06. The van der Waals surface area contributed by atoms with Crippen LogP contribution in [-0.4, -0.2) is 25.7 Å². The number of methoxy groups -OCH3 is 2. The van der Waals surface area contributed by atoms with E-state index in [1.54, 1.807) is 45.4 Å². The Morgan fingerprint density at radius 2 is 1.89 bits per heavy atom. The van der Waals surface area contributed by atoms with Crippen LogP contribution in [0.2, 0.25) is 0 Å². The SMILES string of the molecule is CCCC(C)(OC)C(=O)Nc1ccc(OC)cc1. The van der Waals surface area contributed by atoms with Crippen LogP contribution in [0.15, 0.2) is 24.3 Å². The van der Waals surface area contributed by atoms with Gasteiger partial charge in [-0.2, -0.15) is 0 Å². The average molecular weight is 251 g/mol. The Hall–Kier alpha value is -1.55. The molecule has 0 saturated carbocycles. The van der Waals surface area contributed by atoms with Crippen LogP contribution >= 0.6 is 0 Å². The molecule has 4 heteroatoms. The molecule has 0 radical (unpaired) electrons. The van der Waals surface area contributed by atoms with Gasteiger partial charge in [-0.15, -0.1) is 0 Å². The molecule has 1 atom stereocenters. The fourth-order valence-electron chi connectivity index (χ4n) is 1.72. The maximum absolute atomic E-state index is 12.1. The lowest BCUT2D eigenvalue weighted by Gasteiger charge is -2.26. The lowest BCUT2D eigenvalue weighted by atomic mass is 9.99. The molecule has 0 aliphatic heterocycles. The van der Waals surface area contributed by atoms with Gasteiger partial charge < -0.3 is 14.8 Å². The number of carbonyl (C=O) groups excluding carboxylic acids is 1. The molecular weight excluding hydrogens is 230 g/mol. The van der Waals surface area contributed by atoms with E-state index in [4.69, 9.17) is 9.47 Å². The van der Waals surface area contributed by atoms with E-state index >= 15 is 0 Å². The zero-order chi connectivity index (χ0) is 13.6. The Kier molecular flexibility index (Phi) is 5.16. The molecule has 0 aromatic heterocycles. The highest BCUT2D eigenvalue weighted by atomic mass is 16.5. The van der Waals surface area contributed by atoms with Crippen molar-refractivity contribution in [2.45, 2.75) is 32.3 Å². The Labute approximate surface area is 108 Å².